The van der Waals surface area contributed by atoms with E-state index < -0.39 is 0 Å². The van der Waals surface area contributed by atoms with Crippen LogP contribution in [0.3, 0.4) is 0 Å². The van der Waals surface area contributed by atoms with Crippen molar-refractivity contribution in [3.05, 3.63) is 24.0 Å². The molecule has 0 unspecified atom stereocenters. The first-order valence-corrected chi connectivity index (χ1v) is 7.97. The molecule has 0 atom stereocenters. The molecule has 0 aliphatic carbocycles. The second-order valence-corrected chi connectivity index (χ2v) is 7.19. The SMILES string of the molecule is CC(C)(C)c1nnc2sc(-c3ccc4c(c3)OCCO4)nn12. The van der Waals surface area contributed by atoms with Crippen LogP contribution in [0.4, 0.5) is 0 Å². The van der Waals surface area contributed by atoms with Gasteiger partial charge in [0.15, 0.2) is 17.3 Å². The molecule has 0 N–H and O–H groups in total. The van der Waals surface area contributed by atoms with E-state index in [4.69, 9.17) is 9.47 Å². The van der Waals surface area contributed by atoms with Crippen LogP contribution in [0.2, 0.25) is 0 Å². The van der Waals surface area contributed by atoms with Crippen molar-refractivity contribution in [3.63, 3.8) is 0 Å². The average Bonchev–Trinajstić information content (AvgIpc) is 3.05. The number of ether oxygens (including phenoxy) is 2. The summed E-state index contributed by atoms with van der Waals surface area (Å²) in [5, 5.41) is 14.0. The number of nitrogens with zero attached hydrogens (tertiary/aromatic N) is 4. The molecule has 0 saturated carbocycles. The highest BCUT2D eigenvalue weighted by Crippen LogP contribution is 2.36. The number of fused-ring (bicyclic) bond motifs is 2. The van der Waals surface area contributed by atoms with Crippen LogP contribution in [0.15, 0.2) is 18.2 Å². The molecule has 0 bridgehead atoms. The quantitative estimate of drug-likeness (QED) is 0.691. The molecule has 6 nitrogen and oxygen atoms in total. The number of aromatic nitrogens is 4. The van der Waals surface area contributed by atoms with E-state index in [9.17, 15) is 0 Å². The zero-order valence-electron chi connectivity index (χ0n) is 12.7. The van der Waals surface area contributed by atoms with Crippen molar-refractivity contribution >= 4 is 16.3 Å². The molecular formula is C15H16N4O2S. The maximum Gasteiger partial charge on any atom is 0.235 e. The number of hydrogen-bond donors (Lipinski definition) is 0. The average molecular weight is 316 g/mol. The Kier molecular flexibility index (Phi) is 2.87. The molecule has 4 rings (SSSR count). The molecule has 0 amide bonds. The highest BCUT2D eigenvalue weighted by atomic mass is 32.1. The summed E-state index contributed by atoms with van der Waals surface area (Å²) in [6.45, 7) is 7.49. The Morgan fingerprint density at radius 3 is 2.64 bits per heavy atom. The summed E-state index contributed by atoms with van der Waals surface area (Å²) < 4.78 is 13.0. The first-order chi connectivity index (χ1) is 10.5. The Morgan fingerprint density at radius 2 is 1.86 bits per heavy atom. The van der Waals surface area contributed by atoms with Crippen LogP contribution in [0.1, 0.15) is 26.6 Å². The van der Waals surface area contributed by atoms with Crippen LogP contribution in [0.25, 0.3) is 15.5 Å². The van der Waals surface area contributed by atoms with Crippen LogP contribution < -0.4 is 9.47 Å². The van der Waals surface area contributed by atoms with Crippen molar-refractivity contribution in [2.75, 3.05) is 13.2 Å². The lowest BCUT2D eigenvalue weighted by atomic mass is 9.96. The third kappa shape index (κ3) is 2.12. The lowest BCUT2D eigenvalue weighted by Crippen LogP contribution is -2.16. The van der Waals surface area contributed by atoms with Crippen LogP contribution >= 0.6 is 11.3 Å². The van der Waals surface area contributed by atoms with Crippen molar-refractivity contribution in [1.29, 1.82) is 0 Å². The van der Waals surface area contributed by atoms with Gasteiger partial charge >= 0.3 is 0 Å². The Hall–Kier alpha value is -2.15. The molecule has 2 aromatic heterocycles. The topological polar surface area (TPSA) is 61.5 Å². The molecule has 3 aromatic rings. The fourth-order valence-electron chi connectivity index (χ4n) is 2.38. The number of rotatable bonds is 1. The van der Waals surface area contributed by atoms with Gasteiger partial charge in [-0.1, -0.05) is 32.1 Å². The number of hydrogen-bond acceptors (Lipinski definition) is 6. The van der Waals surface area contributed by atoms with Crippen molar-refractivity contribution in [2.24, 2.45) is 0 Å². The van der Waals surface area contributed by atoms with E-state index in [2.05, 4.69) is 36.1 Å². The van der Waals surface area contributed by atoms with Crippen LogP contribution in [-0.4, -0.2) is 33.0 Å². The van der Waals surface area contributed by atoms with E-state index in [1.54, 1.807) is 0 Å². The summed E-state index contributed by atoms with van der Waals surface area (Å²) in [5.41, 5.74) is 0.900. The molecule has 7 heteroatoms. The van der Waals surface area contributed by atoms with Gasteiger partial charge < -0.3 is 9.47 Å². The highest BCUT2D eigenvalue weighted by Gasteiger charge is 2.24. The molecule has 0 fully saturated rings. The summed E-state index contributed by atoms with van der Waals surface area (Å²) in [6.07, 6.45) is 0. The highest BCUT2D eigenvalue weighted by molar-refractivity contribution is 7.19. The third-order valence-electron chi connectivity index (χ3n) is 3.45. The van der Waals surface area contributed by atoms with E-state index in [0.29, 0.717) is 13.2 Å². The Labute approximate surface area is 131 Å². The minimum absolute atomic E-state index is 0.0996. The smallest absolute Gasteiger partial charge is 0.235 e. The van der Waals surface area contributed by atoms with Crippen LogP contribution in [-0.2, 0) is 5.41 Å². The van der Waals surface area contributed by atoms with Crippen molar-refractivity contribution in [3.8, 4) is 22.1 Å². The van der Waals surface area contributed by atoms with Gasteiger partial charge in [-0.25, -0.2) is 0 Å². The van der Waals surface area contributed by atoms with E-state index in [-0.39, 0.29) is 5.41 Å². The molecule has 0 spiro atoms. The van der Waals surface area contributed by atoms with E-state index in [1.165, 1.54) is 11.3 Å². The lowest BCUT2D eigenvalue weighted by molar-refractivity contribution is 0.171. The fraction of sp³-hybridized carbons (Fsp3) is 0.400. The van der Waals surface area contributed by atoms with Crippen LogP contribution in [0.5, 0.6) is 11.5 Å². The molecule has 1 aliphatic heterocycles. The molecule has 1 aromatic carbocycles. The fourth-order valence-corrected chi connectivity index (χ4v) is 3.21. The predicted octanol–water partition coefficient (Wildman–Crippen LogP) is 2.92. The predicted molar refractivity (Wildman–Crippen MR) is 83.8 cm³/mol. The maximum atomic E-state index is 5.64. The summed E-state index contributed by atoms with van der Waals surface area (Å²) in [4.78, 5) is 0.801. The van der Waals surface area contributed by atoms with Gasteiger partial charge in [-0.05, 0) is 18.2 Å². The van der Waals surface area contributed by atoms with Crippen molar-refractivity contribution < 1.29 is 9.47 Å². The summed E-state index contributed by atoms with van der Waals surface area (Å²) in [6, 6.07) is 5.89. The second kappa shape index (κ2) is 4.67. The Morgan fingerprint density at radius 1 is 1.09 bits per heavy atom. The standard InChI is InChI=1S/C15H16N4O2S/c1-15(2,3)13-16-17-14-19(13)18-12(22-14)9-4-5-10-11(8-9)21-7-6-20-10/h4-5,8H,6-7H2,1-3H3. The monoisotopic (exact) mass is 316 g/mol. The number of benzene rings is 1. The molecule has 1 aliphatic rings. The normalized spacial score (nSPS) is 14.5. The molecule has 0 saturated heterocycles. The first-order valence-electron chi connectivity index (χ1n) is 7.15. The van der Waals surface area contributed by atoms with Gasteiger partial charge in [0.05, 0.1) is 0 Å². The minimum atomic E-state index is -0.0996. The minimum Gasteiger partial charge on any atom is -0.486 e. The van der Waals surface area contributed by atoms with Gasteiger partial charge in [-0.2, -0.15) is 9.61 Å². The molecule has 22 heavy (non-hydrogen) atoms. The van der Waals surface area contributed by atoms with Crippen molar-refractivity contribution in [1.82, 2.24) is 19.8 Å². The molecular weight excluding hydrogens is 300 g/mol. The van der Waals surface area contributed by atoms with Gasteiger partial charge in [-0.15, -0.1) is 10.2 Å². The molecule has 114 valence electrons. The molecule has 3 heterocycles. The summed E-state index contributed by atoms with van der Waals surface area (Å²) in [5.74, 6) is 2.42. The largest absolute Gasteiger partial charge is 0.486 e. The van der Waals surface area contributed by atoms with Gasteiger partial charge in [0, 0.05) is 11.0 Å². The zero-order chi connectivity index (χ0) is 15.3. The second-order valence-electron chi connectivity index (χ2n) is 6.23. The Balaban J connectivity index is 1.80. The lowest BCUT2D eigenvalue weighted by Gasteiger charge is -2.18. The summed E-state index contributed by atoms with van der Waals surface area (Å²) in [7, 11) is 0. The molecule has 0 radical (unpaired) electrons. The van der Waals surface area contributed by atoms with E-state index in [0.717, 1.165) is 32.9 Å². The maximum absolute atomic E-state index is 5.64. The van der Waals surface area contributed by atoms with Crippen LogP contribution in [0, 0.1) is 0 Å². The first kappa shape index (κ1) is 13.5. The summed E-state index contributed by atoms with van der Waals surface area (Å²) >= 11 is 1.52. The third-order valence-corrected chi connectivity index (χ3v) is 4.40. The van der Waals surface area contributed by atoms with Gasteiger partial charge in [0.1, 0.15) is 18.2 Å². The van der Waals surface area contributed by atoms with E-state index >= 15 is 0 Å². The van der Waals surface area contributed by atoms with Gasteiger partial charge in [0.25, 0.3) is 0 Å². The van der Waals surface area contributed by atoms with Gasteiger partial charge in [0.2, 0.25) is 4.96 Å². The van der Waals surface area contributed by atoms with E-state index in [1.807, 2.05) is 22.7 Å². The zero-order valence-corrected chi connectivity index (χ0v) is 13.5. The Bertz CT molecular complexity index is 847. The van der Waals surface area contributed by atoms with Gasteiger partial charge in [-0.3, -0.25) is 0 Å². The van der Waals surface area contributed by atoms with Crippen molar-refractivity contribution in [2.45, 2.75) is 26.2 Å².